The van der Waals surface area contributed by atoms with E-state index in [0.29, 0.717) is 21.4 Å². The first-order valence-corrected chi connectivity index (χ1v) is 24.6. The fraction of sp³-hybridized carbons (Fsp3) is 0.953. The zero-order valence-corrected chi connectivity index (χ0v) is 36.3. The zero-order chi connectivity index (χ0) is 36.2. The number of unbranched alkanes of at least 4 members (excludes halogenated alkanes) is 17. The van der Waals surface area contributed by atoms with Gasteiger partial charge in [-0.25, -0.2) is 0 Å². The van der Waals surface area contributed by atoms with E-state index in [0.717, 1.165) is 43.1 Å². The summed E-state index contributed by atoms with van der Waals surface area (Å²) in [5, 5.41) is 1.48. The van der Waals surface area contributed by atoms with Crippen molar-refractivity contribution in [2.75, 3.05) is 38.4 Å². The van der Waals surface area contributed by atoms with Gasteiger partial charge >= 0.3 is 0 Å². The van der Waals surface area contributed by atoms with Crippen LogP contribution in [-0.2, 0) is 9.59 Å². The first kappa shape index (κ1) is 49.4. The van der Waals surface area contributed by atoms with Gasteiger partial charge in [0, 0.05) is 29.6 Å². The fourth-order valence-corrected chi connectivity index (χ4v) is 9.65. The van der Waals surface area contributed by atoms with E-state index in [1.54, 1.807) is 23.5 Å². The lowest BCUT2D eigenvalue weighted by atomic mass is 9.90. The van der Waals surface area contributed by atoms with Gasteiger partial charge in [0.15, 0.2) is 10.2 Å². The largest absolute Gasteiger partial charge is 0.309 e. The van der Waals surface area contributed by atoms with Crippen molar-refractivity contribution in [1.29, 1.82) is 0 Å². The molecule has 0 aromatic carbocycles. The molecule has 3 nitrogen and oxygen atoms in total. The third-order valence-corrected chi connectivity index (χ3v) is 13.8. The summed E-state index contributed by atoms with van der Waals surface area (Å²) in [5.74, 6) is 3.56. The van der Waals surface area contributed by atoms with E-state index in [1.165, 1.54) is 167 Å². The van der Waals surface area contributed by atoms with Gasteiger partial charge in [0.05, 0.1) is 0 Å². The van der Waals surface area contributed by atoms with Crippen LogP contribution in [0.3, 0.4) is 0 Å². The predicted octanol–water partition coefficient (Wildman–Crippen LogP) is 14.4. The lowest BCUT2D eigenvalue weighted by Gasteiger charge is -2.18. The van der Waals surface area contributed by atoms with Gasteiger partial charge in [-0.05, 0) is 70.8 Å². The number of nitrogens with zero attached hydrogens (tertiary/aromatic N) is 1. The van der Waals surface area contributed by atoms with Crippen molar-refractivity contribution < 1.29 is 9.59 Å². The summed E-state index contributed by atoms with van der Waals surface area (Å²) in [5.41, 5.74) is 0. The van der Waals surface area contributed by atoms with Crippen molar-refractivity contribution in [3.05, 3.63) is 0 Å². The molecule has 3 unspecified atom stereocenters. The molecule has 0 saturated carbocycles. The van der Waals surface area contributed by atoms with Crippen LogP contribution in [0.25, 0.3) is 0 Å². The highest BCUT2D eigenvalue weighted by Gasteiger charge is 2.12. The highest BCUT2D eigenvalue weighted by Crippen LogP contribution is 2.26. The second-order valence-electron chi connectivity index (χ2n) is 15.5. The van der Waals surface area contributed by atoms with Gasteiger partial charge in [0.2, 0.25) is 0 Å². The molecule has 0 heterocycles. The molecule has 3 atom stereocenters. The Labute approximate surface area is 321 Å². The molecule has 0 N–H and O–H groups in total. The highest BCUT2D eigenvalue weighted by atomic mass is 32.2. The molecule has 0 saturated heterocycles. The maximum atomic E-state index is 12.5. The fourth-order valence-electron chi connectivity index (χ4n) is 6.75. The number of thioether (sulfide) groups is 3. The molecule has 0 aromatic heterocycles. The summed E-state index contributed by atoms with van der Waals surface area (Å²) in [4.78, 5) is 27.2. The van der Waals surface area contributed by atoms with Gasteiger partial charge in [0.25, 0.3) is 0 Å². The third kappa shape index (κ3) is 36.5. The number of hydrogen-bond acceptors (Lipinski definition) is 6. The van der Waals surface area contributed by atoms with Crippen LogP contribution in [0.2, 0.25) is 0 Å². The normalized spacial score (nSPS) is 13.6. The van der Waals surface area contributed by atoms with Crippen LogP contribution < -0.4 is 0 Å². The minimum Gasteiger partial charge on any atom is -0.309 e. The van der Waals surface area contributed by atoms with E-state index in [4.69, 9.17) is 0 Å². The standard InChI is InChI=1S/C43H85NO2S3/c1-7-9-11-15-21-29-39(3)37-48-42(45)34-25-19-13-17-22-30-40(32-27-28-36-44(4)5)31-23-18-14-20-26-35-43(46)49-38-41(47-6)33-24-16-12-10-8-2/h39-41H,7-38H2,1-6H3. The van der Waals surface area contributed by atoms with E-state index < -0.39 is 0 Å². The summed E-state index contributed by atoms with van der Waals surface area (Å²) in [6.07, 6.45) is 39.0. The molecule has 0 aliphatic rings. The van der Waals surface area contributed by atoms with E-state index in [9.17, 15) is 9.59 Å². The summed E-state index contributed by atoms with van der Waals surface area (Å²) in [6, 6.07) is 0. The molecule has 0 spiro atoms. The first-order valence-electron chi connectivity index (χ1n) is 21.3. The van der Waals surface area contributed by atoms with Crippen molar-refractivity contribution in [3.63, 3.8) is 0 Å². The minimum atomic E-state index is 0.418. The smallest absolute Gasteiger partial charge is 0.188 e. The Morgan fingerprint density at radius 1 is 0.510 bits per heavy atom. The van der Waals surface area contributed by atoms with Gasteiger partial charge < -0.3 is 4.90 Å². The summed E-state index contributed by atoms with van der Waals surface area (Å²) in [7, 11) is 4.37. The molecule has 0 aliphatic heterocycles. The van der Waals surface area contributed by atoms with Crippen LogP contribution in [0.5, 0.6) is 0 Å². The van der Waals surface area contributed by atoms with Crippen molar-refractivity contribution in [2.24, 2.45) is 11.8 Å². The van der Waals surface area contributed by atoms with Gasteiger partial charge in [-0.1, -0.05) is 186 Å². The average Bonchev–Trinajstić information content (AvgIpc) is 3.08. The summed E-state index contributed by atoms with van der Waals surface area (Å²) in [6.45, 7) is 8.06. The molecule has 0 aromatic rings. The quantitative estimate of drug-likeness (QED) is 0.0586. The number of rotatable bonds is 38. The molecule has 0 fully saturated rings. The third-order valence-electron chi connectivity index (χ3n) is 10.2. The van der Waals surface area contributed by atoms with Gasteiger partial charge in [-0.3, -0.25) is 9.59 Å². The molecule has 0 radical (unpaired) electrons. The summed E-state index contributed by atoms with van der Waals surface area (Å²) < 4.78 is 0. The van der Waals surface area contributed by atoms with Crippen LogP contribution in [0.1, 0.15) is 207 Å². The van der Waals surface area contributed by atoms with Crippen LogP contribution in [0.4, 0.5) is 0 Å². The molecular formula is C43H85NO2S3. The van der Waals surface area contributed by atoms with Crippen molar-refractivity contribution in [2.45, 2.75) is 212 Å². The second kappa shape index (κ2) is 38.1. The Bertz CT molecular complexity index is 719. The monoisotopic (exact) mass is 744 g/mol. The zero-order valence-electron chi connectivity index (χ0n) is 33.8. The number of carbonyl (C=O) groups excluding carboxylic acids is 2. The molecular weight excluding hydrogens is 659 g/mol. The van der Waals surface area contributed by atoms with Crippen molar-refractivity contribution in [3.8, 4) is 0 Å². The summed E-state index contributed by atoms with van der Waals surface area (Å²) >= 11 is 5.15. The van der Waals surface area contributed by atoms with Crippen LogP contribution in [0, 0.1) is 11.8 Å². The molecule has 0 amide bonds. The molecule has 6 heteroatoms. The maximum absolute atomic E-state index is 12.5. The second-order valence-corrected chi connectivity index (χ2v) is 18.8. The Hall–Kier alpha value is 0.350. The van der Waals surface area contributed by atoms with Gasteiger partial charge in [-0.15, -0.1) is 0 Å². The van der Waals surface area contributed by atoms with E-state index in [2.05, 4.69) is 46.0 Å². The lowest BCUT2D eigenvalue weighted by Crippen LogP contribution is -2.13. The van der Waals surface area contributed by atoms with E-state index in [-0.39, 0.29) is 0 Å². The molecule has 0 aliphatic carbocycles. The Morgan fingerprint density at radius 3 is 1.41 bits per heavy atom. The van der Waals surface area contributed by atoms with Gasteiger partial charge in [-0.2, -0.15) is 11.8 Å². The molecule has 0 bridgehead atoms. The Kier molecular flexibility index (Phi) is 38.4. The number of hydrogen-bond donors (Lipinski definition) is 0. The van der Waals surface area contributed by atoms with Crippen molar-refractivity contribution in [1.82, 2.24) is 4.90 Å². The van der Waals surface area contributed by atoms with E-state index >= 15 is 0 Å². The first-order chi connectivity index (χ1) is 23.8. The van der Waals surface area contributed by atoms with Crippen LogP contribution in [-0.4, -0.2) is 58.8 Å². The van der Waals surface area contributed by atoms with Crippen LogP contribution >= 0.6 is 35.3 Å². The van der Waals surface area contributed by atoms with Gasteiger partial charge in [0.1, 0.15) is 0 Å². The lowest BCUT2D eigenvalue weighted by molar-refractivity contribution is -0.111. The predicted molar refractivity (Wildman–Crippen MR) is 229 cm³/mol. The Morgan fingerprint density at radius 2 is 0.918 bits per heavy atom. The average molecular weight is 744 g/mol. The molecule has 49 heavy (non-hydrogen) atoms. The Balaban J connectivity index is 4.03. The number of carbonyl (C=O) groups is 2. The van der Waals surface area contributed by atoms with Crippen LogP contribution in [0.15, 0.2) is 0 Å². The topological polar surface area (TPSA) is 37.4 Å². The minimum absolute atomic E-state index is 0.418. The van der Waals surface area contributed by atoms with E-state index in [1.807, 2.05) is 11.8 Å². The molecule has 292 valence electrons. The van der Waals surface area contributed by atoms with Crippen molar-refractivity contribution >= 4 is 45.5 Å². The maximum Gasteiger partial charge on any atom is 0.188 e. The highest BCUT2D eigenvalue weighted by molar-refractivity contribution is 8.14. The molecule has 0 rings (SSSR count). The SMILES string of the molecule is CCCCCCCC(C)CSC(=O)CCCCCCCC(CCCCCCCC(=O)SCC(CCCCCCC)SC)CCCCN(C)C.